The van der Waals surface area contributed by atoms with Crippen LogP contribution in [0.1, 0.15) is 10.4 Å². The molecule has 1 amide bonds. The Balaban J connectivity index is 1.89. The van der Waals surface area contributed by atoms with Crippen molar-refractivity contribution in [3.8, 4) is 0 Å². The fraction of sp³-hybridized carbons (Fsp3) is 0.0526. The lowest BCUT2D eigenvalue weighted by molar-refractivity contribution is 0.102. The summed E-state index contributed by atoms with van der Waals surface area (Å²) in [4.78, 5) is 17.7. The normalized spacial score (nSPS) is 11.2. The summed E-state index contributed by atoms with van der Waals surface area (Å²) in [5, 5.41) is 2.88. The van der Waals surface area contributed by atoms with E-state index in [9.17, 15) is 17.6 Å². The number of benzene rings is 2. The lowest BCUT2D eigenvalue weighted by Gasteiger charge is -2.11. The highest BCUT2D eigenvalue weighted by molar-refractivity contribution is 9.10. The van der Waals surface area contributed by atoms with Crippen LogP contribution in [-0.4, -0.2) is 25.6 Å². The summed E-state index contributed by atoms with van der Waals surface area (Å²) >= 11 is 4.66. The maximum absolute atomic E-state index is 14.1. The van der Waals surface area contributed by atoms with Gasteiger partial charge in [0.15, 0.2) is 9.84 Å². The van der Waals surface area contributed by atoms with Crippen LogP contribution in [0.5, 0.6) is 0 Å². The average molecular weight is 481 g/mol. The molecule has 0 fully saturated rings. The van der Waals surface area contributed by atoms with Crippen molar-refractivity contribution < 1.29 is 17.6 Å². The van der Waals surface area contributed by atoms with E-state index in [0.29, 0.717) is 5.03 Å². The van der Waals surface area contributed by atoms with Crippen molar-refractivity contribution in [3.63, 3.8) is 0 Å². The van der Waals surface area contributed by atoms with Gasteiger partial charge in [0.25, 0.3) is 5.91 Å². The number of hydrogen-bond donors (Lipinski definition) is 1. The highest BCUT2D eigenvalue weighted by Gasteiger charge is 2.17. The number of halogens is 2. The maximum Gasteiger partial charge on any atom is 0.258 e. The van der Waals surface area contributed by atoms with E-state index in [0.717, 1.165) is 33.8 Å². The van der Waals surface area contributed by atoms with Gasteiger partial charge >= 0.3 is 0 Å². The zero-order chi connectivity index (χ0) is 20.3. The number of nitrogens with one attached hydrogen (secondary N) is 1. The van der Waals surface area contributed by atoms with Crippen LogP contribution >= 0.6 is 27.7 Å². The molecule has 0 unspecified atom stereocenters. The largest absolute Gasteiger partial charge is 0.319 e. The minimum atomic E-state index is -3.53. The van der Waals surface area contributed by atoms with Crippen LogP contribution in [0.15, 0.2) is 80.1 Å². The van der Waals surface area contributed by atoms with E-state index in [1.54, 1.807) is 18.3 Å². The van der Waals surface area contributed by atoms with Gasteiger partial charge in [-0.2, -0.15) is 0 Å². The fourth-order valence-electron chi connectivity index (χ4n) is 2.28. The van der Waals surface area contributed by atoms with Gasteiger partial charge in [-0.05, 0) is 54.6 Å². The molecule has 0 aliphatic rings. The van der Waals surface area contributed by atoms with E-state index in [2.05, 4.69) is 26.2 Å². The molecule has 1 heterocycles. The number of carbonyl (C=O) groups excluding carboxylic acids is 1. The highest BCUT2D eigenvalue weighted by Crippen LogP contribution is 2.30. The number of pyridine rings is 1. The molecule has 0 radical (unpaired) electrons. The van der Waals surface area contributed by atoms with Crippen LogP contribution < -0.4 is 5.32 Å². The molecule has 0 spiro atoms. The van der Waals surface area contributed by atoms with Gasteiger partial charge in [0.2, 0.25) is 0 Å². The Hall–Kier alpha value is -2.23. The standard InChI is InChI=1S/C19H14BrFN2O3S2/c1-28(25,26)14-8-9-16(21)17(11-14)23-18(24)15-3-2-10-22-19(15)27-13-6-4-12(20)5-7-13/h2-11H,1H3,(H,23,24). The molecule has 2 aromatic carbocycles. The first-order valence-electron chi connectivity index (χ1n) is 7.93. The smallest absolute Gasteiger partial charge is 0.258 e. The quantitative estimate of drug-likeness (QED) is 0.531. The minimum absolute atomic E-state index is 0.0835. The van der Waals surface area contributed by atoms with E-state index < -0.39 is 21.6 Å². The zero-order valence-corrected chi connectivity index (χ0v) is 17.7. The molecule has 1 N–H and O–H groups in total. The van der Waals surface area contributed by atoms with E-state index in [-0.39, 0.29) is 16.1 Å². The summed E-state index contributed by atoms with van der Waals surface area (Å²) < 4.78 is 38.4. The van der Waals surface area contributed by atoms with Gasteiger partial charge in [-0.1, -0.05) is 27.7 Å². The molecule has 9 heteroatoms. The van der Waals surface area contributed by atoms with Crippen LogP contribution in [0.4, 0.5) is 10.1 Å². The van der Waals surface area contributed by atoms with Crippen molar-refractivity contribution in [1.29, 1.82) is 0 Å². The summed E-state index contributed by atoms with van der Waals surface area (Å²) in [6, 6.07) is 13.9. The van der Waals surface area contributed by atoms with Gasteiger partial charge in [-0.15, -0.1) is 0 Å². The van der Waals surface area contributed by atoms with Crippen LogP contribution in [-0.2, 0) is 9.84 Å². The lowest BCUT2D eigenvalue weighted by Crippen LogP contribution is -2.15. The topological polar surface area (TPSA) is 76.1 Å². The Kier molecular flexibility index (Phi) is 6.17. The predicted octanol–water partition coefficient (Wildman–Crippen LogP) is 4.79. The molecule has 0 aliphatic heterocycles. The number of carbonyl (C=O) groups is 1. The van der Waals surface area contributed by atoms with Crippen LogP contribution in [0.3, 0.4) is 0 Å². The second-order valence-electron chi connectivity index (χ2n) is 5.78. The molecule has 0 saturated carbocycles. The minimum Gasteiger partial charge on any atom is -0.319 e. The maximum atomic E-state index is 14.1. The molecule has 0 saturated heterocycles. The van der Waals surface area contributed by atoms with E-state index >= 15 is 0 Å². The Bertz CT molecular complexity index is 1140. The Morgan fingerprint density at radius 2 is 1.86 bits per heavy atom. The van der Waals surface area contributed by atoms with Crippen LogP contribution in [0.2, 0.25) is 0 Å². The van der Waals surface area contributed by atoms with Crippen molar-refractivity contribution >= 4 is 49.1 Å². The van der Waals surface area contributed by atoms with Crippen molar-refractivity contribution in [1.82, 2.24) is 4.98 Å². The van der Waals surface area contributed by atoms with E-state index in [1.165, 1.54) is 11.8 Å². The first-order chi connectivity index (χ1) is 13.2. The SMILES string of the molecule is CS(=O)(=O)c1ccc(F)c(NC(=O)c2cccnc2Sc2ccc(Br)cc2)c1. The van der Waals surface area contributed by atoms with Gasteiger partial charge in [0, 0.05) is 21.8 Å². The van der Waals surface area contributed by atoms with Gasteiger partial charge in [-0.3, -0.25) is 4.79 Å². The van der Waals surface area contributed by atoms with Gasteiger partial charge < -0.3 is 5.32 Å². The first-order valence-corrected chi connectivity index (χ1v) is 11.4. The Morgan fingerprint density at radius 1 is 1.14 bits per heavy atom. The molecule has 3 rings (SSSR count). The van der Waals surface area contributed by atoms with E-state index in [1.807, 2.05) is 24.3 Å². The summed E-state index contributed by atoms with van der Waals surface area (Å²) in [7, 11) is -3.53. The molecule has 144 valence electrons. The molecule has 0 aliphatic carbocycles. The third kappa shape index (κ3) is 4.98. The number of nitrogens with zero attached hydrogens (tertiary/aromatic N) is 1. The molecule has 5 nitrogen and oxygen atoms in total. The summed E-state index contributed by atoms with van der Waals surface area (Å²) in [5.74, 6) is -1.32. The van der Waals surface area contributed by atoms with E-state index in [4.69, 9.17) is 0 Å². The molecule has 28 heavy (non-hydrogen) atoms. The Labute approximate surface area is 174 Å². The van der Waals surface area contributed by atoms with Crippen molar-refractivity contribution in [3.05, 3.63) is 76.6 Å². The molecule has 1 aromatic heterocycles. The first kappa shape index (κ1) is 20.5. The van der Waals surface area contributed by atoms with Gasteiger partial charge in [0.05, 0.1) is 16.1 Å². The van der Waals surface area contributed by atoms with Gasteiger partial charge in [-0.25, -0.2) is 17.8 Å². The third-order valence-corrected chi connectivity index (χ3v) is 6.32. The average Bonchev–Trinajstić information content (AvgIpc) is 2.65. The molecular weight excluding hydrogens is 467 g/mol. The van der Waals surface area contributed by atoms with Crippen molar-refractivity contribution in [2.75, 3.05) is 11.6 Å². The summed E-state index contributed by atoms with van der Waals surface area (Å²) in [5.41, 5.74) is 0.0379. The number of aromatic nitrogens is 1. The lowest BCUT2D eigenvalue weighted by atomic mass is 10.2. The number of hydrogen-bond acceptors (Lipinski definition) is 5. The summed E-state index contributed by atoms with van der Waals surface area (Å²) in [6.45, 7) is 0. The fourth-order valence-corrected chi connectivity index (χ4v) is 4.07. The second-order valence-corrected chi connectivity index (χ2v) is 9.77. The van der Waals surface area contributed by atoms with Crippen LogP contribution in [0.25, 0.3) is 0 Å². The van der Waals surface area contributed by atoms with Crippen LogP contribution in [0, 0.1) is 5.82 Å². The number of sulfone groups is 1. The van der Waals surface area contributed by atoms with Crippen molar-refractivity contribution in [2.45, 2.75) is 14.8 Å². The predicted molar refractivity (Wildman–Crippen MR) is 110 cm³/mol. The Morgan fingerprint density at radius 3 is 2.54 bits per heavy atom. The zero-order valence-electron chi connectivity index (χ0n) is 14.5. The molecule has 3 aromatic rings. The summed E-state index contributed by atoms with van der Waals surface area (Å²) in [6.07, 6.45) is 2.57. The monoisotopic (exact) mass is 480 g/mol. The van der Waals surface area contributed by atoms with Gasteiger partial charge in [0.1, 0.15) is 10.8 Å². The number of anilines is 1. The number of rotatable bonds is 5. The molecule has 0 atom stereocenters. The third-order valence-electron chi connectivity index (χ3n) is 3.66. The number of amides is 1. The molecular formula is C19H14BrFN2O3S2. The second kappa shape index (κ2) is 8.42. The highest BCUT2D eigenvalue weighted by atomic mass is 79.9. The molecule has 0 bridgehead atoms. The van der Waals surface area contributed by atoms with Crippen molar-refractivity contribution in [2.24, 2.45) is 0 Å².